The van der Waals surface area contributed by atoms with Crippen molar-refractivity contribution in [1.29, 1.82) is 0 Å². The Labute approximate surface area is 132 Å². The topological polar surface area (TPSA) is 85.8 Å². The molecule has 0 aliphatic heterocycles. The molecule has 112 valence electrons. The van der Waals surface area contributed by atoms with Crippen LogP contribution in [0.4, 0.5) is 11.4 Å². The highest BCUT2D eigenvalue weighted by molar-refractivity contribution is 7.99. The Hall–Kier alpha value is -1.73. The van der Waals surface area contributed by atoms with E-state index < -0.39 is 0 Å². The third kappa shape index (κ3) is 4.64. The summed E-state index contributed by atoms with van der Waals surface area (Å²) in [5.41, 5.74) is 6.79. The number of carbonyl (C=O) groups is 1. The lowest BCUT2D eigenvalue weighted by atomic mass is 10.2. The molecule has 2 rings (SSSR count). The van der Waals surface area contributed by atoms with Gasteiger partial charge in [0, 0.05) is 24.9 Å². The van der Waals surface area contributed by atoms with Gasteiger partial charge in [0.15, 0.2) is 5.16 Å². The van der Waals surface area contributed by atoms with Crippen molar-refractivity contribution in [2.75, 3.05) is 16.8 Å². The van der Waals surface area contributed by atoms with Crippen LogP contribution in [0.15, 0.2) is 29.7 Å². The second kappa shape index (κ2) is 7.33. The number of hydrogen-bond acceptors (Lipinski definition) is 5. The molecule has 6 nitrogen and oxygen atoms in total. The number of thioether (sulfide) groups is 1. The molecule has 8 heteroatoms. The summed E-state index contributed by atoms with van der Waals surface area (Å²) in [5, 5.41) is 8.11. The summed E-state index contributed by atoms with van der Waals surface area (Å²) in [7, 11) is 1.84. The van der Waals surface area contributed by atoms with Crippen LogP contribution in [0.2, 0.25) is 5.02 Å². The first-order valence-corrected chi connectivity index (χ1v) is 7.74. The van der Waals surface area contributed by atoms with Crippen molar-refractivity contribution in [2.24, 2.45) is 7.05 Å². The van der Waals surface area contributed by atoms with Gasteiger partial charge in [0.2, 0.25) is 5.91 Å². The van der Waals surface area contributed by atoms with Crippen LogP contribution in [0, 0.1) is 0 Å². The quantitative estimate of drug-likeness (QED) is 0.484. The van der Waals surface area contributed by atoms with Gasteiger partial charge in [-0.05, 0) is 24.6 Å². The van der Waals surface area contributed by atoms with Crippen LogP contribution in [0.3, 0.4) is 0 Å². The zero-order chi connectivity index (χ0) is 15.2. The van der Waals surface area contributed by atoms with E-state index in [-0.39, 0.29) is 5.91 Å². The maximum Gasteiger partial charge on any atom is 0.224 e. The first-order valence-electron chi connectivity index (χ1n) is 6.38. The van der Waals surface area contributed by atoms with Crippen molar-refractivity contribution in [3.8, 4) is 0 Å². The predicted octanol–water partition coefficient (Wildman–Crippen LogP) is 2.56. The van der Waals surface area contributed by atoms with Crippen LogP contribution in [-0.2, 0) is 11.8 Å². The molecule has 0 bridgehead atoms. The number of anilines is 2. The van der Waals surface area contributed by atoms with Gasteiger partial charge in [0.1, 0.15) is 6.33 Å². The van der Waals surface area contributed by atoms with E-state index in [9.17, 15) is 4.79 Å². The van der Waals surface area contributed by atoms with Crippen LogP contribution < -0.4 is 11.1 Å². The number of rotatable bonds is 6. The lowest BCUT2D eigenvalue weighted by Crippen LogP contribution is -2.11. The summed E-state index contributed by atoms with van der Waals surface area (Å²) in [6.45, 7) is 0. The minimum absolute atomic E-state index is 0.0460. The number of nitrogens with zero attached hydrogens (tertiary/aromatic N) is 3. The van der Waals surface area contributed by atoms with Crippen LogP contribution >= 0.6 is 23.4 Å². The number of hydrogen-bond donors (Lipinski definition) is 2. The number of aryl methyl sites for hydroxylation is 1. The maximum atomic E-state index is 11.8. The molecular formula is C13H16ClN5OS. The van der Waals surface area contributed by atoms with Gasteiger partial charge in [0.25, 0.3) is 0 Å². The molecule has 0 fully saturated rings. The lowest BCUT2D eigenvalue weighted by Gasteiger charge is -2.06. The summed E-state index contributed by atoms with van der Waals surface area (Å²) in [5.74, 6) is 0.762. The third-order valence-electron chi connectivity index (χ3n) is 2.73. The number of amides is 1. The molecule has 1 amide bonds. The van der Waals surface area contributed by atoms with E-state index in [1.54, 1.807) is 34.6 Å². The fourth-order valence-electron chi connectivity index (χ4n) is 1.66. The Morgan fingerprint density at radius 3 is 3.00 bits per heavy atom. The zero-order valence-electron chi connectivity index (χ0n) is 11.5. The standard InChI is InChI=1S/C13H16ClN5OS/c1-19-13(16-8-17-19)21-6-2-3-12(20)18-9-4-5-10(14)11(15)7-9/h4-5,7-8H,2-3,6,15H2,1H3,(H,18,20). The Morgan fingerprint density at radius 1 is 1.52 bits per heavy atom. The second-order valence-electron chi connectivity index (χ2n) is 4.40. The SMILES string of the molecule is Cn1ncnc1SCCCC(=O)Nc1ccc(Cl)c(N)c1. The van der Waals surface area contributed by atoms with Crippen molar-refractivity contribution < 1.29 is 4.79 Å². The first kappa shape index (κ1) is 15.7. The van der Waals surface area contributed by atoms with Crippen molar-refractivity contribution in [1.82, 2.24) is 14.8 Å². The van der Waals surface area contributed by atoms with E-state index in [4.69, 9.17) is 17.3 Å². The monoisotopic (exact) mass is 325 g/mol. The van der Waals surface area contributed by atoms with Gasteiger partial charge in [0.05, 0.1) is 10.7 Å². The zero-order valence-corrected chi connectivity index (χ0v) is 13.1. The van der Waals surface area contributed by atoms with E-state index in [0.717, 1.165) is 17.3 Å². The molecule has 0 spiro atoms. The maximum absolute atomic E-state index is 11.8. The molecule has 1 heterocycles. The molecule has 0 radical (unpaired) electrons. The van der Waals surface area contributed by atoms with Crippen molar-refractivity contribution in [3.05, 3.63) is 29.5 Å². The van der Waals surface area contributed by atoms with Crippen LogP contribution in [0.25, 0.3) is 0 Å². The number of halogens is 1. The highest BCUT2D eigenvalue weighted by Crippen LogP contribution is 2.22. The van der Waals surface area contributed by atoms with E-state index >= 15 is 0 Å². The largest absolute Gasteiger partial charge is 0.397 e. The normalized spacial score (nSPS) is 10.6. The molecule has 0 unspecified atom stereocenters. The molecule has 0 aliphatic carbocycles. The molecule has 1 aromatic heterocycles. The van der Waals surface area contributed by atoms with Gasteiger partial charge in [-0.3, -0.25) is 4.79 Å². The highest BCUT2D eigenvalue weighted by atomic mass is 35.5. The number of aromatic nitrogens is 3. The summed E-state index contributed by atoms with van der Waals surface area (Å²) in [6.07, 6.45) is 2.71. The number of nitrogens with two attached hydrogens (primary N) is 1. The number of carbonyl (C=O) groups excluding carboxylic acids is 1. The van der Waals surface area contributed by atoms with E-state index in [2.05, 4.69) is 15.4 Å². The fraction of sp³-hybridized carbons (Fsp3) is 0.308. The van der Waals surface area contributed by atoms with Gasteiger partial charge in [-0.2, -0.15) is 5.10 Å². The Bertz CT molecular complexity index is 631. The Balaban J connectivity index is 1.72. The van der Waals surface area contributed by atoms with E-state index in [0.29, 0.717) is 22.8 Å². The lowest BCUT2D eigenvalue weighted by molar-refractivity contribution is -0.116. The molecule has 2 aromatic rings. The van der Waals surface area contributed by atoms with Crippen molar-refractivity contribution in [3.63, 3.8) is 0 Å². The number of nitrogen functional groups attached to an aromatic ring is 1. The highest BCUT2D eigenvalue weighted by Gasteiger charge is 2.06. The van der Waals surface area contributed by atoms with Crippen molar-refractivity contribution >= 4 is 40.6 Å². The molecular weight excluding hydrogens is 310 g/mol. The first-order chi connectivity index (χ1) is 10.1. The molecule has 0 saturated carbocycles. The van der Waals surface area contributed by atoms with Gasteiger partial charge in [-0.15, -0.1) is 0 Å². The van der Waals surface area contributed by atoms with Gasteiger partial charge in [-0.25, -0.2) is 9.67 Å². The molecule has 1 aromatic carbocycles. The summed E-state index contributed by atoms with van der Waals surface area (Å²) in [6, 6.07) is 5.04. The molecule has 21 heavy (non-hydrogen) atoms. The minimum Gasteiger partial charge on any atom is -0.397 e. The summed E-state index contributed by atoms with van der Waals surface area (Å²) in [4.78, 5) is 15.9. The van der Waals surface area contributed by atoms with Crippen LogP contribution in [0.1, 0.15) is 12.8 Å². The summed E-state index contributed by atoms with van der Waals surface area (Å²) < 4.78 is 1.71. The molecule has 0 atom stereocenters. The molecule has 0 saturated heterocycles. The average Bonchev–Trinajstić information content (AvgIpc) is 2.85. The molecule has 3 N–H and O–H groups in total. The average molecular weight is 326 g/mol. The van der Waals surface area contributed by atoms with Gasteiger partial charge >= 0.3 is 0 Å². The number of benzene rings is 1. The van der Waals surface area contributed by atoms with Gasteiger partial charge in [-0.1, -0.05) is 23.4 Å². The van der Waals surface area contributed by atoms with E-state index in [1.165, 1.54) is 6.33 Å². The van der Waals surface area contributed by atoms with Crippen molar-refractivity contribution in [2.45, 2.75) is 18.0 Å². The predicted molar refractivity (Wildman–Crippen MR) is 85.5 cm³/mol. The smallest absolute Gasteiger partial charge is 0.224 e. The van der Waals surface area contributed by atoms with E-state index in [1.807, 2.05) is 7.05 Å². The Morgan fingerprint density at radius 2 is 2.33 bits per heavy atom. The third-order valence-corrected chi connectivity index (χ3v) is 4.19. The van der Waals surface area contributed by atoms with Crippen LogP contribution in [-0.4, -0.2) is 26.4 Å². The summed E-state index contributed by atoms with van der Waals surface area (Å²) >= 11 is 7.41. The molecule has 0 aliphatic rings. The van der Waals surface area contributed by atoms with Gasteiger partial charge < -0.3 is 11.1 Å². The minimum atomic E-state index is -0.0460. The number of nitrogens with one attached hydrogen (secondary N) is 1. The van der Waals surface area contributed by atoms with Crippen LogP contribution in [0.5, 0.6) is 0 Å². The fourth-order valence-corrected chi connectivity index (χ4v) is 2.60. The second-order valence-corrected chi connectivity index (χ2v) is 5.87. The Kier molecular flexibility index (Phi) is 5.46.